The molecular weight excluding hydrogens is 166 g/mol. The van der Waals surface area contributed by atoms with E-state index >= 15 is 0 Å². The maximum atomic E-state index is 10.1. The van der Waals surface area contributed by atoms with Crippen LogP contribution in [0.1, 0.15) is 26.7 Å². The van der Waals surface area contributed by atoms with Crippen molar-refractivity contribution in [3.63, 3.8) is 0 Å². The summed E-state index contributed by atoms with van der Waals surface area (Å²) >= 11 is 0. The van der Waals surface area contributed by atoms with Gasteiger partial charge in [0, 0.05) is 19.1 Å². The van der Waals surface area contributed by atoms with Crippen molar-refractivity contribution in [2.24, 2.45) is 5.92 Å². The summed E-state index contributed by atoms with van der Waals surface area (Å²) in [5.41, 5.74) is -0.663. The molecule has 2 atom stereocenters. The first kappa shape index (κ1) is 11.0. The lowest BCUT2D eigenvalue weighted by Gasteiger charge is -2.35. The Morgan fingerprint density at radius 3 is 2.92 bits per heavy atom. The molecule has 0 aromatic carbocycles. The van der Waals surface area contributed by atoms with Crippen LogP contribution >= 0.6 is 0 Å². The van der Waals surface area contributed by atoms with Gasteiger partial charge in [-0.2, -0.15) is 0 Å². The van der Waals surface area contributed by atoms with E-state index in [0.717, 1.165) is 25.9 Å². The molecule has 1 rings (SSSR count). The van der Waals surface area contributed by atoms with Gasteiger partial charge in [0.05, 0.1) is 12.2 Å². The van der Waals surface area contributed by atoms with Crippen molar-refractivity contribution in [1.82, 2.24) is 5.32 Å². The SMILES string of the molecule is CCOCC(C)(O)C1CCCNC1. The van der Waals surface area contributed by atoms with Crippen LogP contribution in [0.3, 0.4) is 0 Å². The van der Waals surface area contributed by atoms with Crippen LogP contribution < -0.4 is 5.32 Å². The molecule has 3 nitrogen and oxygen atoms in total. The number of piperidine rings is 1. The highest BCUT2D eigenvalue weighted by Gasteiger charge is 2.32. The Bertz CT molecular complexity index is 142. The lowest BCUT2D eigenvalue weighted by atomic mass is 9.84. The van der Waals surface area contributed by atoms with Crippen molar-refractivity contribution in [2.75, 3.05) is 26.3 Å². The predicted molar refractivity (Wildman–Crippen MR) is 52.7 cm³/mol. The van der Waals surface area contributed by atoms with Crippen molar-refractivity contribution >= 4 is 0 Å². The van der Waals surface area contributed by atoms with E-state index in [1.807, 2.05) is 13.8 Å². The third-order valence-corrected chi connectivity index (χ3v) is 2.77. The average molecular weight is 187 g/mol. The van der Waals surface area contributed by atoms with Crippen molar-refractivity contribution in [3.05, 3.63) is 0 Å². The highest BCUT2D eigenvalue weighted by Crippen LogP contribution is 2.24. The molecule has 0 radical (unpaired) electrons. The summed E-state index contributed by atoms with van der Waals surface area (Å²) < 4.78 is 5.27. The number of rotatable bonds is 4. The van der Waals surface area contributed by atoms with Crippen LogP contribution in [0.25, 0.3) is 0 Å². The van der Waals surface area contributed by atoms with E-state index in [1.54, 1.807) is 0 Å². The molecule has 78 valence electrons. The molecule has 13 heavy (non-hydrogen) atoms. The summed E-state index contributed by atoms with van der Waals surface area (Å²) in [6.07, 6.45) is 2.26. The van der Waals surface area contributed by atoms with Gasteiger partial charge in [-0.05, 0) is 33.2 Å². The number of hydrogen-bond acceptors (Lipinski definition) is 3. The Morgan fingerprint density at radius 2 is 2.38 bits per heavy atom. The zero-order chi connectivity index (χ0) is 9.73. The maximum Gasteiger partial charge on any atom is 0.0892 e. The van der Waals surface area contributed by atoms with Crippen LogP contribution in [0.5, 0.6) is 0 Å². The van der Waals surface area contributed by atoms with E-state index < -0.39 is 5.60 Å². The number of hydrogen-bond donors (Lipinski definition) is 2. The molecule has 1 aliphatic rings. The summed E-state index contributed by atoms with van der Waals surface area (Å²) in [4.78, 5) is 0. The highest BCUT2D eigenvalue weighted by atomic mass is 16.5. The first-order valence-corrected chi connectivity index (χ1v) is 5.17. The number of ether oxygens (including phenoxy) is 1. The van der Waals surface area contributed by atoms with Gasteiger partial charge < -0.3 is 15.2 Å². The first-order chi connectivity index (χ1) is 6.17. The molecule has 0 aliphatic carbocycles. The highest BCUT2D eigenvalue weighted by molar-refractivity contribution is 4.85. The first-order valence-electron chi connectivity index (χ1n) is 5.17. The molecule has 0 amide bonds. The van der Waals surface area contributed by atoms with Gasteiger partial charge in [0.1, 0.15) is 0 Å². The Kier molecular flexibility index (Phi) is 4.16. The van der Waals surface area contributed by atoms with Crippen molar-refractivity contribution in [3.8, 4) is 0 Å². The summed E-state index contributed by atoms with van der Waals surface area (Å²) in [5, 5.41) is 13.4. The van der Waals surface area contributed by atoms with Crippen molar-refractivity contribution in [2.45, 2.75) is 32.3 Å². The van der Waals surface area contributed by atoms with Crippen molar-refractivity contribution in [1.29, 1.82) is 0 Å². The zero-order valence-electron chi connectivity index (χ0n) is 8.68. The van der Waals surface area contributed by atoms with Gasteiger partial charge >= 0.3 is 0 Å². The quantitative estimate of drug-likeness (QED) is 0.683. The number of nitrogens with one attached hydrogen (secondary N) is 1. The van der Waals surface area contributed by atoms with Gasteiger partial charge in [-0.25, -0.2) is 0 Å². The molecule has 0 aromatic rings. The Balaban J connectivity index is 2.36. The lowest BCUT2D eigenvalue weighted by molar-refractivity contribution is -0.0749. The van der Waals surface area contributed by atoms with Crippen LogP contribution in [-0.2, 0) is 4.74 Å². The molecule has 3 heteroatoms. The topological polar surface area (TPSA) is 41.5 Å². The molecule has 0 saturated carbocycles. The van der Waals surface area contributed by atoms with Crippen LogP contribution in [0, 0.1) is 5.92 Å². The second-order valence-corrected chi connectivity index (χ2v) is 4.04. The minimum absolute atomic E-state index is 0.341. The summed E-state index contributed by atoms with van der Waals surface area (Å²) in [6, 6.07) is 0. The standard InChI is InChI=1S/C10H21NO2/c1-3-13-8-10(2,12)9-5-4-6-11-7-9/h9,11-12H,3-8H2,1-2H3. The van der Waals surface area contributed by atoms with E-state index in [4.69, 9.17) is 4.74 Å². The molecule has 0 bridgehead atoms. The third-order valence-electron chi connectivity index (χ3n) is 2.77. The van der Waals surface area contributed by atoms with Crippen LogP contribution in [-0.4, -0.2) is 37.0 Å². The molecule has 1 aliphatic heterocycles. The van der Waals surface area contributed by atoms with Gasteiger partial charge in [0.2, 0.25) is 0 Å². The summed E-state index contributed by atoms with van der Waals surface area (Å²) in [6.45, 7) is 6.96. The van der Waals surface area contributed by atoms with E-state index in [2.05, 4.69) is 5.32 Å². The summed E-state index contributed by atoms with van der Waals surface area (Å²) in [7, 11) is 0. The van der Waals surface area contributed by atoms with E-state index in [-0.39, 0.29) is 0 Å². The number of aliphatic hydroxyl groups is 1. The fraction of sp³-hybridized carbons (Fsp3) is 1.00. The van der Waals surface area contributed by atoms with Crippen molar-refractivity contribution < 1.29 is 9.84 Å². The molecule has 0 spiro atoms. The second kappa shape index (κ2) is 4.94. The van der Waals surface area contributed by atoms with Gasteiger partial charge in [0.15, 0.2) is 0 Å². The average Bonchev–Trinajstić information content (AvgIpc) is 2.16. The molecule has 1 heterocycles. The smallest absolute Gasteiger partial charge is 0.0892 e. The van der Waals surface area contributed by atoms with E-state index in [1.165, 1.54) is 0 Å². The zero-order valence-corrected chi connectivity index (χ0v) is 8.68. The van der Waals surface area contributed by atoms with Gasteiger partial charge in [0.25, 0.3) is 0 Å². The van der Waals surface area contributed by atoms with Gasteiger partial charge in [-0.3, -0.25) is 0 Å². The van der Waals surface area contributed by atoms with Gasteiger partial charge in [-0.15, -0.1) is 0 Å². The minimum Gasteiger partial charge on any atom is -0.387 e. The summed E-state index contributed by atoms with van der Waals surface area (Å²) in [5.74, 6) is 0.341. The molecule has 0 aromatic heterocycles. The largest absolute Gasteiger partial charge is 0.387 e. The Labute approximate surface area is 80.5 Å². The van der Waals surface area contributed by atoms with E-state index in [0.29, 0.717) is 19.1 Å². The van der Waals surface area contributed by atoms with Gasteiger partial charge in [-0.1, -0.05) is 0 Å². The molecule has 2 N–H and O–H groups in total. The monoisotopic (exact) mass is 187 g/mol. The molecule has 2 unspecified atom stereocenters. The van der Waals surface area contributed by atoms with Crippen LogP contribution in [0.4, 0.5) is 0 Å². The molecular formula is C10H21NO2. The predicted octanol–water partition coefficient (Wildman–Crippen LogP) is 0.773. The normalized spacial score (nSPS) is 28.4. The minimum atomic E-state index is -0.663. The Morgan fingerprint density at radius 1 is 1.62 bits per heavy atom. The maximum absolute atomic E-state index is 10.1. The molecule has 1 saturated heterocycles. The lowest BCUT2D eigenvalue weighted by Crippen LogP contribution is -2.47. The van der Waals surface area contributed by atoms with E-state index in [9.17, 15) is 5.11 Å². The molecule has 1 fully saturated rings. The second-order valence-electron chi connectivity index (χ2n) is 4.04. The fourth-order valence-corrected chi connectivity index (χ4v) is 1.81. The van der Waals surface area contributed by atoms with Crippen LogP contribution in [0.2, 0.25) is 0 Å². The third kappa shape index (κ3) is 3.25. The fourth-order valence-electron chi connectivity index (χ4n) is 1.81. The Hall–Kier alpha value is -0.120. The van der Waals surface area contributed by atoms with Crippen LogP contribution in [0.15, 0.2) is 0 Å².